The van der Waals surface area contributed by atoms with Gasteiger partial charge in [-0.25, -0.2) is 4.79 Å². The molecule has 4 heteroatoms. The minimum absolute atomic E-state index is 0.470. The second-order valence-electron chi connectivity index (χ2n) is 5.08. The van der Waals surface area contributed by atoms with Crippen LogP contribution in [0.3, 0.4) is 0 Å². The quantitative estimate of drug-likeness (QED) is 0.471. The lowest BCUT2D eigenvalue weighted by atomic mass is 10.2. The van der Waals surface area contributed by atoms with E-state index in [1.165, 1.54) is 0 Å². The highest BCUT2D eigenvalue weighted by Crippen LogP contribution is 2.12. The summed E-state index contributed by atoms with van der Waals surface area (Å²) in [5.74, 6) is 0.335. The Morgan fingerprint density at radius 3 is 2.30 bits per heavy atom. The van der Waals surface area contributed by atoms with E-state index in [0.29, 0.717) is 11.3 Å². The zero-order valence-electron chi connectivity index (χ0n) is 13.4. The molecule has 0 aliphatic carbocycles. The van der Waals surface area contributed by atoms with Crippen LogP contribution in [-0.2, 0) is 4.84 Å². The molecule has 0 spiro atoms. The predicted octanol–water partition coefficient (Wildman–Crippen LogP) is 4.25. The number of carbonyl (C=O) groups excluding carboxylic acids is 1. The number of rotatable bonds is 5. The van der Waals surface area contributed by atoms with E-state index in [0.717, 1.165) is 16.9 Å². The number of oxime groups is 1. The number of methoxy groups -OCH3 is 1. The van der Waals surface area contributed by atoms with Crippen molar-refractivity contribution in [1.29, 1.82) is 0 Å². The van der Waals surface area contributed by atoms with Crippen LogP contribution in [0.25, 0.3) is 6.08 Å². The number of hydrogen-bond acceptors (Lipinski definition) is 4. The van der Waals surface area contributed by atoms with Crippen molar-refractivity contribution >= 4 is 17.8 Å². The van der Waals surface area contributed by atoms with E-state index in [1.54, 1.807) is 32.2 Å². The molecule has 0 saturated carbocycles. The molecule has 0 aliphatic rings. The first kappa shape index (κ1) is 16.5. The summed E-state index contributed by atoms with van der Waals surface area (Å²) in [5, 5.41) is 3.83. The average Bonchev–Trinajstić information content (AvgIpc) is 2.59. The van der Waals surface area contributed by atoms with Gasteiger partial charge in [0.25, 0.3) is 0 Å². The summed E-state index contributed by atoms with van der Waals surface area (Å²) in [6, 6.07) is 14.8. The van der Waals surface area contributed by atoms with Gasteiger partial charge in [-0.15, -0.1) is 0 Å². The molecule has 2 aromatic rings. The van der Waals surface area contributed by atoms with Gasteiger partial charge in [-0.05, 0) is 49.8 Å². The third kappa shape index (κ3) is 5.11. The first-order chi connectivity index (χ1) is 11.1. The average molecular weight is 309 g/mol. The number of carbonyl (C=O) groups is 1. The summed E-state index contributed by atoms with van der Waals surface area (Å²) < 4.78 is 5.10. The molecule has 0 aliphatic heterocycles. The van der Waals surface area contributed by atoms with Crippen molar-refractivity contribution in [1.82, 2.24) is 0 Å². The molecule has 0 fully saturated rings. The summed E-state index contributed by atoms with van der Waals surface area (Å²) in [6.07, 6.45) is 3.67. The van der Waals surface area contributed by atoms with Crippen molar-refractivity contribution in [3.05, 3.63) is 71.3 Å². The van der Waals surface area contributed by atoms with Crippen molar-refractivity contribution in [2.24, 2.45) is 5.16 Å². The molecule has 0 radical (unpaired) electrons. The summed E-state index contributed by atoms with van der Waals surface area (Å²) >= 11 is 0. The fraction of sp³-hybridized carbons (Fsp3) is 0.158. The molecule has 0 unspecified atom stereocenters. The minimum atomic E-state index is -0.470. The zero-order chi connectivity index (χ0) is 16.7. The van der Waals surface area contributed by atoms with Gasteiger partial charge in [0.1, 0.15) is 5.75 Å². The normalized spacial score (nSPS) is 11.5. The molecular formula is C19H19NO3. The molecule has 2 aromatic carbocycles. The Bertz CT molecular complexity index is 713. The van der Waals surface area contributed by atoms with E-state index in [2.05, 4.69) is 5.16 Å². The van der Waals surface area contributed by atoms with Crippen molar-refractivity contribution in [2.45, 2.75) is 13.8 Å². The van der Waals surface area contributed by atoms with Gasteiger partial charge in [0.15, 0.2) is 0 Å². The summed E-state index contributed by atoms with van der Waals surface area (Å²) in [7, 11) is 1.63. The van der Waals surface area contributed by atoms with Crippen molar-refractivity contribution < 1.29 is 14.4 Å². The van der Waals surface area contributed by atoms with Crippen LogP contribution in [0, 0.1) is 6.92 Å². The molecular weight excluding hydrogens is 290 g/mol. The van der Waals surface area contributed by atoms with E-state index in [1.807, 2.05) is 49.4 Å². The van der Waals surface area contributed by atoms with Crippen molar-refractivity contribution in [3.8, 4) is 5.75 Å². The highest BCUT2D eigenvalue weighted by molar-refractivity contribution is 5.97. The van der Waals surface area contributed by atoms with Gasteiger partial charge >= 0.3 is 5.97 Å². The summed E-state index contributed by atoms with van der Waals surface area (Å²) in [4.78, 5) is 16.8. The Hall–Kier alpha value is -2.88. The fourth-order valence-corrected chi connectivity index (χ4v) is 1.82. The van der Waals surface area contributed by atoms with E-state index in [4.69, 9.17) is 9.57 Å². The van der Waals surface area contributed by atoms with Crippen molar-refractivity contribution in [2.75, 3.05) is 7.11 Å². The van der Waals surface area contributed by atoms with Gasteiger partial charge in [0.2, 0.25) is 0 Å². The molecule has 118 valence electrons. The van der Waals surface area contributed by atoms with E-state index in [9.17, 15) is 4.79 Å². The lowest BCUT2D eigenvalue weighted by molar-refractivity contribution is 0.0516. The molecule has 0 amide bonds. The molecule has 0 bridgehead atoms. The Balaban J connectivity index is 1.95. The molecule has 0 heterocycles. The molecule has 0 atom stereocenters. The first-order valence-corrected chi connectivity index (χ1v) is 7.23. The van der Waals surface area contributed by atoms with Crippen LogP contribution in [0.5, 0.6) is 5.75 Å². The van der Waals surface area contributed by atoms with Gasteiger partial charge in [0, 0.05) is 0 Å². The lowest BCUT2D eigenvalue weighted by Crippen LogP contribution is -2.02. The topological polar surface area (TPSA) is 47.9 Å². The van der Waals surface area contributed by atoms with Crippen LogP contribution >= 0.6 is 0 Å². The van der Waals surface area contributed by atoms with Crippen LogP contribution < -0.4 is 4.74 Å². The molecule has 0 N–H and O–H groups in total. The van der Waals surface area contributed by atoms with Crippen LogP contribution in [0.2, 0.25) is 0 Å². The van der Waals surface area contributed by atoms with Crippen LogP contribution in [0.1, 0.15) is 28.4 Å². The van der Waals surface area contributed by atoms with Crippen LogP contribution in [0.15, 0.2) is 59.8 Å². The zero-order valence-corrected chi connectivity index (χ0v) is 13.4. The third-order valence-corrected chi connectivity index (χ3v) is 3.19. The maximum absolute atomic E-state index is 11.8. The predicted molar refractivity (Wildman–Crippen MR) is 91.7 cm³/mol. The summed E-state index contributed by atoms with van der Waals surface area (Å²) in [6.45, 7) is 3.73. The number of allylic oxidation sites excluding steroid dienone is 1. The smallest absolute Gasteiger partial charge is 0.365 e. The number of benzene rings is 2. The lowest BCUT2D eigenvalue weighted by Gasteiger charge is -2.00. The molecule has 0 saturated heterocycles. The number of hydrogen-bond donors (Lipinski definition) is 0. The van der Waals surface area contributed by atoms with E-state index >= 15 is 0 Å². The molecule has 23 heavy (non-hydrogen) atoms. The van der Waals surface area contributed by atoms with E-state index in [-0.39, 0.29) is 0 Å². The van der Waals surface area contributed by atoms with Gasteiger partial charge in [-0.1, -0.05) is 41.1 Å². The van der Waals surface area contributed by atoms with Gasteiger partial charge in [-0.2, -0.15) is 0 Å². The standard InChI is InChI=1S/C19H19NO3/c1-14-4-10-17(11-5-14)19(21)23-20-15(2)6-7-16-8-12-18(22-3)13-9-16/h4-13H,1-3H3/b7-6+,20-15-. The minimum Gasteiger partial charge on any atom is -0.497 e. The van der Waals surface area contributed by atoms with E-state index < -0.39 is 5.97 Å². The monoisotopic (exact) mass is 309 g/mol. The summed E-state index contributed by atoms with van der Waals surface area (Å²) in [5.41, 5.74) is 3.17. The second kappa shape index (κ2) is 7.94. The largest absolute Gasteiger partial charge is 0.497 e. The number of aryl methyl sites for hydroxylation is 1. The molecule has 2 rings (SSSR count). The number of nitrogens with zero attached hydrogens (tertiary/aromatic N) is 1. The molecule has 4 nitrogen and oxygen atoms in total. The van der Waals surface area contributed by atoms with Crippen LogP contribution in [0.4, 0.5) is 0 Å². The Morgan fingerprint density at radius 2 is 1.70 bits per heavy atom. The SMILES string of the molecule is COc1ccc(/C=C/C(C)=N\OC(=O)c2ccc(C)cc2)cc1. The highest BCUT2D eigenvalue weighted by atomic mass is 16.7. The van der Waals surface area contributed by atoms with Gasteiger partial charge in [-0.3, -0.25) is 0 Å². The van der Waals surface area contributed by atoms with Gasteiger partial charge < -0.3 is 9.57 Å². The Labute approximate surface area is 136 Å². The highest BCUT2D eigenvalue weighted by Gasteiger charge is 2.05. The maximum atomic E-state index is 11.8. The van der Waals surface area contributed by atoms with Gasteiger partial charge in [0.05, 0.1) is 18.4 Å². The number of ether oxygens (including phenoxy) is 1. The maximum Gasteiger partial charge on any atom is 0.365 e. The Kier molecular flexibility index (Phi) is 5.69. The molecule has 0 aromatic heterocycles. The first-order valence-electron chi connectivity index (χ1n) is 7.23. The third-order valence-electron chi connectivity index (χ3n) is 3.19. The van der Waals surface area contributed by atoms with Crippen molar-refractivity contribution in [3.63, 3.8) is 0 Å². The van der Waals surface area contributed by atoms with Crippen LogP contribution in [-0.4, -0.2) is 18.8 Å². The fourth-order valence-electron chi connectivity index (χ4n) is 1.82. The Morgan fingerprint density at radius 1 is 1.04 bits per heavy atom. The second-order valence-corrected chi connectivity index (χ2v) is 5.08.